The zero-order chi connectivity index (χ0) is 18.2. The lowest BCUT2D eigenvalue weighted by Gasteiger charge is -2.11. The van der Waals surface area contributed by atoms with Gasteiger partial charge in [-0.3, -0.25) is 9.59 Å². The van der Waals surface area contributed by atoms with Crippen LogP contribution in [0.3, 0.4) is 0 Å². The van der Waals surface area contributed by atoms with Crippen LogP contribution in [0.4, 0.5) is 0 Å². The highest BCUT2D eigenvalue weighted by molar-refractivity contribution is 5.91. The van der Waals surface area contributed by atoms with E-state index in [4.69, 9.17) is 4.42 Å². The third-order valence-corrected chi connectivity index (χ3v) is 3.78. The number of benzene rings is 1. The molecule has 1 aromatic carbocycles. The van der Waals surface area contributed by atoms with Crippen LogP contribution in [0.5, 0.6) is 0 Å². The first-order valence-corrected chi connectivity index (χ1v) is 8.20. The van der Waals surface area contributed by atoms with Crippen LogP contribution in [0.25, 0.3) is 0 Å². The molecule has 2 aromatic heterocycles. The molecule has 0 unspecified atom stereocenters. The number of amides is 2. The maximum Gasteiger partial charge on any atom is 0.286 e. The second kappa shape index (κ2) is 8.61. The highest BCUT2D eigenvalue weighted by atomic mass is 16.3. The van der Waals surface area contributed by atoms with Crippen LogP contribution >= 0.6 is 0 Å². The summed E-state index contributed by atoms with van der Waals surface area (Å²) in [5, 5.41) is 9.61. The molecule has 0 aliphatic heterocycles. The van der Waals surface area contributed by atoms with Crippen molar-refractivity contribution in [2.24, 2.45) is 0 Å². The second-order valence-electron chi connectivity index (χ2n) is 5.62. The van der Waals surface area contributed by atoms with Gasteiger partial charge in [-0.2, -0.15) is 5.10 Å². The molecule has 0 fully saturated rings. The van der Waals surface area contributed by atoms with Crippen molar-refractivity contribution in [3.05, 3.63) is 72.2 Å². The topological polar surface area (TPSA) is 102 Å². The van der Waals surface area contributed by atoms with Gasteiger partial charge >= 0.3 is 0 Å². The van der Waals surface area contributed by atoms with E-state index in [1.807, 2.05) is 24.3 Å². The Kier molecular flexibility index (Phi) is 5.76. The Bertz CT molecular complexity index is 844. The molecule has 3 aromatic rings. The average Bonchev–Trinajstić information content (AvgIpc) is 3.35. The van der Waals surface area contributed by atoms with E-state index in [1.165, 1.54) is 12.6 Å². The molecule has 0 aliphatic rings. The normalized spacial score (nSPS) is 10.5. The van der Waals surface area contributed by atoms with E-state index >= 15 is 0 Å². The molecule has 0 spiro atoms. The van der Waals surface area contributed by atoms with Crippen molar-refractivity contribution in [1.82, 2.24) is 25.4 Å². The fourth-order valence-corrected chi connectivity index (χ4v) is 2.44. The van der Waals surface area contributed by atoms with E-state index in [0.29, 0.717) is 13.1 Å². The molecule has 2 N–H and O–H groups in total. The Morgan fingerprint density at radius 2 is 1.92 bits per heavy atom. The molecule has 0 saturated carbocycles. The third-order valence-electron chi connectivity index (χ3n) is 3.78. The van der Waals surface area contributed by atoms with E-state index in [0.717, 1.165) is 11.1 Å². The molecule has 8 heteroatoms. The quantitative estimate of drug-likeness (QED) is 0.636. The number of furan rings is 1. The minimum atomic E-state index is -0.332. The summed E-state index contributed by atoms with van der Waals surface area (Å²) < 4.78 is 6.72. The SMILES string of the molecule is O=C(CCNC(=O)c1ccco1)NCc1ccccc1Cn1cncn1. The lowest BCUT2D eigenvalue weighted by atomic mass is 10.1. The summed E-state index contributed by atoms with van der Waals surface area (Å²) in [4.78, 5) is 27.6. The van der Waals surface area contributed by atoms with E-state index in [2.05, 4.69) is 20.7 Å². The summed E-state index contributed by atoms with van der Waals surface area (Å²) in [7, 11) is 0. The number of carbonyl (C=O) groups excluding carboxylic acids is 2. The molecular weight excluding hydrogens is 334 g/mol. The highest BCUT2D eigenvalue weighted by Crippen LogP contribution is 2.10. The molecule has 0 atom stereocenters. The lowest BCUT2D eigenvalue weighted by Crippen LogP contribution is -2.30. The van der Waals surface area contributed by atoms with Gasteiger partial charge in [-0.05, 0) is 23.3 Å². The molecular formula is C18H19N5O3. The number of hydrogen-bond donors (Lipinski definition) is 2. The first kappa shape index (κ1) is 17.4. The van der Waals surface area contributed by atoms with Gasteiger partial charge in [0.25, 0.3) is 5.91 Å². The van der Waals surface area contributed by atoms with Gasteiger partial charge in [0.05, 0.1) is 12.8 Å². The van der Waals surface area contributed by atoms with Crippen molar-refractivity contribution in [3.8, 4) is 0 Å². The van der Waals surface area contributed by atoms with Gasteiger partial charge in [0, 0.05) is 19.5 Å². The molecule has 134 valence electrons. The number of nitrogens with zero attached hydrogens (tertiary/aromatic N) is 3. The number of hydrogen-bond acceptors (Lipinski definition) is 5. The Morgan fingerprint density at radius 1 is 1.08 bits per heavy atom. The van der Waals surface area contributed by atoms with Crippen molar-refractivity contribution in [2.75, 3.05) is 6.54 Å². The Morgan fingerprint density at radius 3 is 2.65 bits per heavy atom. The number of nitrogens with one attached hydrogen (secondary N) is 2. The van der Waals surface area contributed by atoms with Gasteiger partial charge in [-0.15, -0.1) is 0 Å². The highest BCUT2D eigenvalue weighted by Gasteiger charge is 2.09. The molecule has 0 aliphatic carbocycles. The Hall–Kier alpha value is -3.42. The number of rotatable bonds is 8. The number of carbonyl (C=O) groups is 2. The summed E-state index contributed by atoms with van der Waals surface area (Å²) in [6, 6.07) is 11.0. The van der Waals surface area contributed by atoms with Gasteiger partial charge in [0.15, 0.2) is 5.76 Å². The largest absolute Gasteiger partial charge is 0.459 e. The molecule has 2 heterocycles. The van der Waals surface area contributed by atoms with Gasteiger partial charge < -0.3 is 15.1 Å². The minimum absolute atomic E-state index is 0.139. The minimum Gasteiger partial charge on any atom is -0.459 e. The smallest absolute Gasteiger partial charge is 0.286 e. The van der Waals surface area contributed by atoms with Crippen molar-refractivity contribution in [2.45, 2.75) is 19.5 Å². The summed E-state index contributed by atoms with van der Waals surface area (Å²) in [5.74, 6) is -0.242. The van der Waals surface area contributed by atoms with Gasteiger partial charge in [-0.1, -0.05) is 24.3 Å². The first-order valence-electron chi connectivity index (χ1n) is 8.20. The van der Waals surface area contributed by atoms with Crippen molar-refractivity contribution in [1.29, 1.82) is 0 Å². The molecule has 0 saturated heterocycles. The van der Waals surface area contributed by atoms with Crippen LogP contribution in [0, 0.1) is 0 Å². The van der Waals surface area contributed by atoms with E-state index in [9.17, 15) is 9.59 Å². The standard InChI is InChI=1S/C18H19N5O3/c24-17(7-8-20-18(25)16-6-3-9-26-16)21-10-14-4-1-2-5-15(14)11-23-13-19-12-22-23/h1-6,9,12-13H,7-8,10-11H2,(H,20,25)(H,21,24). The second-order valence-corrected chi connectivity index (χ2v) is 5.62. The van der Waals surface area contributed by atoms with Gasteiger partial charge in [0.1, 0.15) is 12.7 Å². The molecule has 0 radical (unpaired) electrons. The fourth-order valence-electron chi connectivity index (χ4n) is 2.44. The first-order chi connectivity index (χ1) is 12.7. The summed E-state index contributed by atoms with van der Waals surface area (Å²) in [6.07, 6.45) is 4.76. The molecule has 3 rings (SSSR count). The lowest BCUT2D eigenvalue weighted by molar-refractivity contribution is -0.121. The maximum absolute atomic E-state index is 12.0. The fraction of sp³-hybridized carbons (Fsp3) is 0.222. The Labute approximate surface area is 150 Å². The third kappa shape index (κ3) is 4.79. The van der Waals surface area contributed by atoms with Crippen LogP contribution in [0.1, 0.15) is 28.1 Å². The predicted octanol–water partition coefficient (Wildman–Crippen LogP) is 1.36. The van der Waals surface area contributed by atoms with Crippen LogP contribution in [0.2, 0.25) is 0 Å². The summed E-state index contributed by atoms with van der Waals surface area (Å²) >= 11 is 0. The van der Waals surface area contributed by atoms with E-state index in [-0.39, 0.29) is 30.5 Å². The van der Waals surface area contributed by atoms with Crippen LogP contribution in [-0.4, -0.2) is 33.1 Å². The summed E-state index contributed by atoms with van der Waals surface area (Å²) in [5.41, 5.74) is 2.07. The van der Waals surface area contributed by atoms with Crippen molar-refractivity contribution >= 4 is 11.8 Å². The van der Waals surface area contributed by atoms with Crippen molar-refractivity contribution < 1.29 is 14.0 Å². The van der Waals surface area contributed by atoms with Crippen molar-refractivity contribution in [3.63, 3.8) is 0 Å². The van der Waals surface area contributed by atoms with E-state index in [1.54, 1.807) is 23.1 Å². The number of aromatic nitrogens is 3. The monoisotopic (exact) mass is 353 g/mol. The maximum atomic E-state index is 12.0. The zero-order valence-electron chi connectivity index (χ0n) is 14.1. The predicted molar refractivity (Wildman–Crippen MR) is 93.1 cm³/mol. The summed E-state index contributed by atoms with van der Waals surface area (Å²) in [6.45, 7) is 1.24. The molecule has 2 amide bonds. The van der Waals surface area contributed by atoms with Crippen LogP contribution in [-0.2, 0) is 17.9 Å². The van der Waals surface area contributed by atoms with E-state index < -0.39 is 0 Å². The zero-order valence-corrected chi connectivity index (χ0v) is 14.1. The van der Waals surface area contributed by atoms with Gasteiger partial charge in [0.2, 0.25) is 5.91 Å². The average molecular weight is 353 g/mol. The Balaban J connectivity index is 1.45. The van der Waals surface area contributed by atoms with Crippen LogP contribution < -0.4 is 10.6 Å². The van der Waals surface area contributed by atoms with Gasteiger partial charge in [-0.25, -0.2) is 9.67 Å². The molecule has 0 bridgehead atoms. The van der Waals surface area contributed by atoms with Crippen LogP contribution in [0.15, 0.2) is 59.7 Å². The molecule has 26 heavy (non-hydrogen) atoms. The molecule has 8 nitrogen and oxygen atoms in total.